The monoisotopic (exact) mass is 372 g/mol. The number of aromatic nitrogens is 2. The van der Waals surface area contributed by atoms with Crippen LogP contribution in [0.5, 0.6) is 0 Å². The van der Waals surface area contributed by atoms with Gasteiger partial charge in [-0.1, -0.05) is 12.1 Å². The van der Waals surface area contributed by atoms with Crippen molar-refractivity contribution in [2.75, 3.05) is 31.1 Å². The number of piperazine rings is 1. The SMILES string of the molecule is Cn1cc(/C=C/C(=O)N2CCN(c3ccccc3F)CC2)c(=O)n(C)c1=O. The van der Waals surface area contributed by atoms with E-state index in [4.69, 9.17) is 0 Å². The molecular formula is C19H21FN4O3. The van der Waals surface area contributed by atoms with Crippen molar-refractivity contribution >= 4 is 17.7 Å². The van der Waals surface area contributed by atoms with Gasteiger partial charge in [-0.15, -0.1) is 0 Å². The standard InChI is InChI=1S/C19H21FN4O3/c1-21-13-14(18(26)22(2)19(21)27)7-8-17(25)24-11-9-23(10-12-24)16-6-4-3-5-15(16)20/h3-8,13H,9-12H2,1-2H3/b8-7+. The number of benzene rings is 1. The van der Waals surface area contributed by atoms with Gasteiger partial charge in [-0.2, -0.15) is 0 Å². The largest absolute Gasteiger partial charge is 0.366 e. The van der Waals surface area contributed by atoms with Crippen molar-refractivity contribution in [1.82, 2.24) is 14.0 Å². The van der Waals surface area contributed by atoms with Crippen molar-refractivity contribution in [3.05, 3.63) is 68.8 Å². The first-order chi connectivity index (χ1) is 12.9. The van der Waals surface area contributed by atoms with Crippen molar-refractivity contribution in [2.24, 2.45) is 14.1 Å². The first kappa shape index (κ1) is 18.6. The molecule has 0 unspecified atom stereocenters. The maximum atomic E-state index is 13.9. The molecule has 1 aromatic carbocycles. The maximum Gasteiger partial charge on any atom is 0.330 e. The molecular weight excluding hydrogens is 351 g/mol. The Balaban J connectivity index is 1.67. The van der Waals surface area contributed by atoms with Crippen molar-refractivity contribution in [3.63, 3.8) is 0 Å². The van der Waals surface area contributed by atoms with E-state index in [-0.39, 0.29) is 17.3 Å². The molecule has 7 nitrogen and oxygen atoms in total. The third-order valence-electron chi connectivity index (χ3n) is 4.66. The number of anilines is 1. The lowest BCUT2D eigenvalue weighted by molar-refractivity contribution is -0.126. The Labute approximate surface area is 155 Å². The Bertz CT molecular complexity index is 1000. The average molecular weight is 372 g/mol. The molecule has 3 rings (SSSR count). The summed E-state index contributed by atoms with van der Waals surface area (Å²) in [6.07, 6.45) is 4.16. The number of carbonyl (C=O) groups is 1. The molecule has 1 aromatic heterocycles. The highest BCUT2D eigenvalue weighted by Crippen LogP contribution is 2.20. The van der Waals surface area contributed by atoms with Crippen LogP contribution in [0.4, 0.5) is 10.1 Å². The molecule has 0 spiro atoms. The summed E-state index contributed by atoms with van der Waals surface area (Å²) in [5.74, 6) is -0.498. The summed E-state index contributed by atoms with van der Waals surface area (Å²) in [6.45, 7) is 1.98. The van der Waals surface area contributed by atoms with Crippen LogP contribution in [-0.2, 0) is 18.9 Å². The first-order valence-corrected chi connectivity index (χ1v) is 8.61. The highest BCUT2D eigenvalue weighted by atomic mass is 19.1. The second-order valence-corrected chi connectivity index (χ2v) is 6.44. The molecule has 142 valence electrons. The maximum absolute atomic E-state index is 13.9. The van der Waals surface area contributed by atoms with Gasteiger partial charge in [-0.25, -0.2) is 9.18 Å². The van der Waals surface area contributed by atoms with Crippen molar-refractivity contribution in [2.45, 2.75) is 0 Å². The van der Waals surface area contributed by atoms with Gasteiger partial charge in [0.1, 0.15) is 5.82 Å². The van der Waals surface area contributed by atoms with E-state index in [9.17, 15) is 18.8 Å². The van der Waals surface area contributed by atoms with Crippen LogP contribution in [0, 0.1) is 5.82 Å². The third kappa shape index (κ3) is 3.84. The minimum absolute atomic E-state index is 0.223. The van der Waals surface area contributed by atoms with Gasteiger partial charge < -0.3 is 14.4 Å². The Morgan fingerprint density at radius 3 is 2.41 bits per heavy atom. The number of aryl methyl sites for hydroxylation is 1. The number of rotatable bonds is 3. The predicted octanol–water partition coefficient (Wildman–Crippen LogP) is 0.585. The fraction of sp³-hybridized carbons (Fsp3) is 0.316. The van der Waals surface area contributed by atoms with Gasteiger partial charge in [-0.05, 0) is 18.2 Å². The van der Waals surface area contributed by atoms with Crippen LogP contribution in [0.15, 0.2) is 46.1 Å². The van der Waals surface area contributed by atoms with E-state index in [1.165, 1.54) is 36.0 Å². The fourth-order valence-electron chi connectivity index (χ4n) is 3.09. The number of nitrogens with zero attached hydrogens (tertiary/aromatic N) is 4. The lowest BCUT2D eigenvalue weighted by atomic mass is 10.2. The van der Waals surface area contributed by atoms with Gasteiger partial charge in [-0.3, -0.25) is 14.2 Å². The highest BCUT2D eigenvalue weighted by molar-refractivity contribution is 5.91. The molecule has 2 heterocycles. The molecule has 0 bridgehead atoms. The fourth-order valence-corrected chi connectivity index (χ4v) is 3.09. The van der Waals surface area contributed by atoms with Crippen LogP contribution >= 0.6 is 0 Å². The molecule has 1 fully saturated rings. The van der Waals surface area contributed by atoms with Gasteiger partial charge in [0.25, 0.3) is 5.56 Å². The molecule has 8 heteroatoms. The van der Waals surface area contributed by atoms with E-state index in [2.05, 4.69) is 0 Å². The topological polar surface area (TPSA) is 67.6 Å². The quantitative estimate of drug-likeness (QED) is 0.740. The molecule has 0 atom stereocenters. The van der Waals surface area contributed by atoms with Crippen LogP contribution in [0.25, 0.3) is 6.08 Å². The van der Waals surface area contributed by atoms with Crippen molar-refractivity contribution < 1.29 is 9.18 Å². The zero-order valence-corrected chi connectivity index (χ0v) is 15.3. The van der Waals surface area contributed by atoms with Gasteiger partial charge in [0.2, 0.25) is 5.91 Å². The summed E-state index contributed by atoms with van der Waals surface area (Å²) in [6, 6.07) is 6.57. The molecule has 1 saturated heterocycles. The number of hydrogen-bond donors (Lipinski definition) is 0. The van der Waals surface area contributed by atoms with Gasteiger partial charge in [0.05, 0.1) is 11.3 Å². The normalized spacial score (nSPS) is 14.8. The number of halogens is 1. The number of amides is 1. The minimum Gasteiger partial charge on any atom is -0.366 e. The van der Waals surface area contributed by atoms with Crippen molar-refractivity contribution in [3.8, 4) is 0 Å². The zero-order chi connectivity index (χ0) is 19.6. The minimum atomic E-state index is -0.452. The molecule has 0 aliphatic carbocycles. The summed E-state index contributed by atoms with van der Waals surface area (Å²) in [5, 5.41) is 0. The van der Waals surface area contributed by atoms with Crippen LogP contribution in [-0.4, -0.2) is 46.1 Å². The van der Waals surface area contributed by atoms with E-state index < -0.39 is 11.2 Å². The van der Waals surface area contributed by atoms with Gasteiger partial charge >= 0.3 is 5.69 Å². The summed E-state index contributed by atoms with van der Waals surface area (Å²) >= 11 is 0. The lowest BCUT2D eigenvalue weighted by Crippen LogP contribution is -2.48. The molecule has 0 N–H and O–H groups in total. The van der Waals surface area contributed by atoms with E-state index >= 15 is 0 Å². The van der Waals surface area contributed by atoms with E-state index in [1.54, 1.807) is 30.1 Å². The molecule has 27 heavy (non-hydrogen) atoms. The number of hydrogen-bond acceptors (Lipinski definition) is 4. The average Bonchev–Trinajstić information content (AvgIpc) is 2.68. The van der Waals surface area contributed by atoms with Crippen LogP contribution in [0.3, 0.4) is 0 Å². The molecule has 0 saturated carbocycles. The summed E-state index contributed by atoms with van der Waals surface area (Å²) in [7, 11) is 2.94. The second-order valence-electron chi connectivity index (χ2n) is 6.44. The molecule has 2 aromatic rings. The van der Waals surface area contributed by atoms with Crippen LogP contribution in [0.2, 0.25) is 0 Å². The van der Waals surface area contributed by atoms with Gasteiger partial charge in [0, 0.05) is 52.5 Å². The smallest absolute Gasteiger partial charge is 0.330 e. The molecule has 1 amide bonds. The Hall–Kier alpha value is -3.16. The lowest BCUT2D eigenvalue weighted by Gasteiger charge is -2.35. The van der Waals surface area contributed by atoms with E-state index in [1.807, 2.05) is 4.90 Å². The predicted molar refractivity (Wildman–Crippen MR) is 101 cm³/mol. The summed E-state index contributed by atoms with van der Waals surface area (Å²) < 4.78 is 16.2. The first-order valence-electron chi connectivity index (χ1n) is 8.61. The van der Waals surface area contributed by atoms with Crippen molar-refractivity contribution in [1.29, 1.82) is 0 Å². The number of carbonyl (C=O) groups excluding carboxylic acids is 1. The third-order valence-corrected chi connectivity index (χ3v) is 4.66. The second kappa shape index (κ2) is 7.61. The Morgan fingerprint density at radius 2 is 1.74 bits per heavy atom. The van der Waals surface area contributed by atoms with E-state index in [0.29, 0.717) is 31.9 Å². The van der Waals surface area contributed by atoms with Crippen LogP contribution < -0.4 is 16.1 Å². The summed E-state index contributed by atoms with van der Waals surface area (Å²) in [4.78, 5) is 39.7. The Morgan fingerprint density at radius 1 is 1.07 bits per heavy atom. The molecule has 1 aliphatic heterocycles. The summed E-state index contributed by atoms with van der Waals surface area (Å²) in [5.41, 5.74) is -0.0777. The molecule has 0 radical (unpaired) electrons. The highest BCUT2D eigenvalue weighted by Gasteiger charge is 2.21. The van der Waals surface area contributed by atoms with Gasteiger partial charge in [0.15, 0.2) is 0 Å². The molecule has 1 aliphatic rings. The zero-order valence-electron chi connectivity index (χ0n) is 15.3. The van der Waals surface area contributed by atoms with Crippen LogP contribution in [0.1, 0.15) is 5.56 Å². The van der Waals surface area contributed by atoms with E-state index in [0.717, 1.165) is 4.57 Å². The Kier molecular flexibility index (Phi) is 5.25. The number of para-hydroxylation sites is 1.